The van der Waals surface area contributed by atoms with Crippen LogP contribution in [-0.4, -0.2) is 75.8 Å². The molecule has 2 aromatic heterocycles. The zero-order valence-electron chi connectivity index (χ0n) is 17.8. The van der Waals surface area contributed by atoms with Crippen molar-refractivity contribution in [3.63, 3.8) is 0 Å². The van der Waals surface area contributed by atoms with Gasteiger partial charge in [-0.05, 0) is 50.3 Å². The molecule has 0 unspecified atom stereocenters. The number of piperidine rings is 1. The third-order valence-electron chi connectivity index (χ3n) is 6.20. The molecule has 8 nitrogen and oxygen atoms in total. The van der Waals surface area contributed by atoms with Crippen molar-refractivity contribution < 1.29 is 9.59 Å². The van der Waals surface area contributed by atoms with E-state index in [9.17, 15) is 9.59 Å². The third kappa shape index (κ3) is 4.47. The zero-order valence-corrected chi connectivity index (χ0v) is 17.8. The maximum atomic E-state index is 12.8. The molecule has 2 amide bonds. The molecule has 0 spiro atoms. The number of piperazine rings is 1. The van der Waals surface area contributed by atoms with E-state index in [1.807, 2.05) is 35.8 Å². The average Bonchev–Trinajstić information content (AvgIpc) is 3.12. The van der Waals surface area contributed by atoms with Gasteiger partial charge in [0.25, 0.3) is 5.91 Å². The third-order valence-corrected chi connectivity index (χ3v) is 6.20. The van der Waals surface area contributed by atoms with E-state index < -0.39 is 0 Å². The van der Waals surface area contributed by atoms with Crippen LogP contribution in [0.1, 0.15) is 41.0 Å². The molecule has 30 heavy (non-hydrogen) atoms. The van der Waals surface area contributed by atoms with Crippen molar-refractivity contribution in [2.24, 2.45) is 5.92 Å². The molecule has 0 bridgehead atoms. The number of anilines is 1. The van der Waals surface area contributed by atoms with Gasteiger partial charge in [0, 0.05) is 63.8 Å². The van der Waals surface area contributed by atoms with E-state index in [1.54, 1.807) is 12.4 Å². The van der Waals surface area contributed by atoms with E-state index >= 15 is 0 Å². The Labute approximate surface area is 177 Å². The van der Waals surface area contributed by atoms with Crippen molar-refractivity contribution >= 4 is 17.8 Å². The highest BCUT2D eigenvalue weighted by molar-refractivity contribution is 5.94. The van der Waals surface area contributed by atoms with Gasteiger partial charge in [-0.15, -0.1) is 0 Å². The Hall–Kier alpha value is -2.90. The second-order valence-electron chi connectivity index (χ2n) is 8.37. The van der Waals surface area contributed by atoms with Crippen LogP contribution in [0, 0.1) is 19.8 Å². The highest BCUT2D eigenvalue weighted by Crippen LogP contribution is 2.24. The minimum Gasteiger partial charge on any atom is -0.354 e. The average molecular weight is 411 g/mol. The molecule has 8 heteroatoms. The molecule has 0 aromatic carbocycles. The van der Waals surface area contributed by atoms with Gasteiger partial charge in [-0.2, -0.15) is 0 Å². The Balaban J connectivity index is 1.23. The highest BCUT2D eigenvalue weighted by Gasteiger charge is 2.29. The lowest BCUT2D eigenvalue weighted by molar-refractivity contribution is -0.132. The number of rotatable bonds is 4. The SMILES string of the molecule is Cc1cc(C)c(C(=O)N2CCC(CC(=O)N3CCN(c4ncccn4)CC3)CC2)[nH]1. The van der Waals surface area contributed by atoms with Gasteiger partial charge in [0.15, 0.2) is 0 Å². The molecular formula is C22H30N6O2. The van der Waals surface area contributed by atoms with Crippen molar-refractivity contribution in [1.82, 2.24) is 24.8 Å². The first-order chi connectivity index (χ1) is 14.5. The van der Waals surface area contributed by atoms with Crippen LogP contribution in [0.15, 0.2) is 24.5 Å². The van der Waals surface area contributed by atoms with Crippen molar-refractivity contribution in [3.8, 4) is 0 Å². The summed E-state index contributed by atoms with van der Waals surface area (Å²) in [7, 11) is 0. The molecule has 160 valence electrons. The Morgan fingerprint density at radius 1 is 1.00 bits per heavy atom. The summed E-state index contributed by atoms with van der Waals surface area (Å²) in [5, 5.41) is 0. The molecule has 4 heterocycles. The normalized spacial score (nSPS) is 18.0. The van der Waals surface area contributed by atoms with E-state index in [2.05, 4.69) is 19.9 Å². The number of carbonyl (C=O) groups is 2. The summed E-state index contributed by atoms with van der Waals surface area (Å²) in [6, 6.07) is 3.81. The summed E-state index contributed by atoms with van der Waals surface area (Å²) in [6.07, 6.45) is 5.83. The Morgan fingerprint density at radius 2 is 1.67 bits per heavy atom. The number of H-pyrrole nitrogens is 1. The van der Waals surface area contributed by atoms with Crippen LogP contribution < -0.4 is 4.90 Å². The number of aromatic nitrogens is 3. The predicted octanol–water partition coefficient (Wildman–Crippen LogP) is 2.01. The van der Waals surface area contributed by atoms with Crippen LogP contribution >= 0.6 is 0 Å². The molecule has 2 fully saturated rings. The first-order valence-electron chi connectivity index (χ1n) is 10.8. The minimum atomic E-state index is 0.0737. The number of aryl methyl sites for hydroxylation is 2. The lowest BCUT2D eigenvalue weighted by atomic mass is 9.92. The fourth-order valence-corrected chi connectivity index (χ4v) is 4.44. The summed E-state index contributed by atoms with van der Waals surface area (Å²) >= 11 is 0. The van der Waals surface area contributed by atoms with Crippen LogP contribution in [0.5, 0.6) is 0 Å². The van der Waals surface area contributed by atoms with Gasteiger partial charge in [-0.25, -0.2) is 9.97 Å². The number of nitrogens with one attached hydrogen (secondary N) is 1. The van der Waals surface area contributed by atoms with Gasteiger partial charge < -0.3 is 19.7 Å². The summed E-state index contributed by atoms with van der Waals surface area (Å²) in [6.45, 7) is 8.30. The van der Waals surface area contributed by atoms with Crippen LogP contribution in [0.4, 0.5) is 5.95 Å². The van der Waals surface area contributed by atoms with Gasteiger partial charge in [0.05, 0.1) is 0 Å². The maximum absolute atomic E-state index is 12.8. The van der Waals surface area contributed by atoms with E-state index in [-0.39, 0.29) is 11.8 Å². The molecule has 4 rings (SSSR count). The van der Waals surface area contributed by atoms with E-state index in [1.165, 1.54) is 0 Å². The second kappa shape index (κ2) is 8.85. The Kier molecular flexibility index (Phi) is 6.01. The first-order valence-corrected chi connectivity index (χ1v) is 10.8. The molecule has 2 aromatic rings. The van der Waals surface area contributed by atoms with Gasteiger partial charge in [0.2, 0.25) is 11.9 Å². The molecule has 0 atom stereocenters. The van der Waals surface area contributed by atoms with E-state index in [0.29, 0.717) is 44.2 Å². The summed E-state index contributed by atoms with van der Waals surface area (Å²) in [5.74, 6) is 1.38. The van der Waals surface area contributed by atoms with Gasteiger partial charge in [-0.1, -0.05) is 0 Å². The van der Waals surface area contributed by atoms with Gasteiger partial charge >= 0.3 is 0 Å². The molecule has 2 saturated heterocycles. The summed E-state index contributed by atoms with van der Waals surface area (Å²) in [5.41, 5.74) is 2.70. The number of amides is 2. The summed E-state index contributed by atoms with van der Waals surface area (Å²) in [4.78, 5) is 43.3. The quantitative estimate of drug-likeness (QED) is 0.833. The fraction of sp³-hybridized carbons (Fsp3) is 0.545. The first kappa shape index (κ1) is 20.4. The molecule has 0 radical (unpaired) electrons. The second-order valence-corrected chi connectivity index (χ2v) is 8.37. The maximum Gasteiger partial charge on any atom is 0.270 e. The fourth-order valence-electron chi connectivity index (χ4n) is 4.44. The van der Waals surface area contributed by atoms with Crippen LogP contribution in [0.3, 0.4) is 0 Å². The Morgan fingerprint density at radius 3 is 2.27 bits per heavy atom. The highest BCUT2D eigenvalue weighted by atomic mass is 16.2. The number of likely N-dealkylation sites (tertiary alicyclic amines) is 1. The van der Waals surface area contributed by atoms with Crippen molar-refractivity contribution in [2.45, 2.75) is 33.1 Å². The Bertz CT molecular complexity index is 880. The van der Waals surface area contributed by atoms with Crippen LogP contribution in [0.2, 0.25) is 0 Å². The minimum absolute atomic E-state index is 0.0737. The van der Waals surface area contributed by atoms with Gasteiger partial charge in [-0.3, -0.25) is 9.59 Å². The molecule has 1 N–H and O–H groups in total. The molecule has 0 saturated carbocycles. The number of hydrogen-bond donors (Lipinski definition) is 1. The smallest absolute Gasteiger partial charge is 0.270 e. The van der Waals surface area contributed by atoms with Crippen molar-refractivity contribution in [1.29, 1.82) is 0 Å². The van der Waals surface area contributed by atoms with Gasteiger partial charge in [0.1, 0.15) is 5.69 Å². The number of nitrogens with zero attached hydrogens (tertiary/aromatic N) is 5. The van der Waals surface area contributed by atoms with Crippen molar-refractivity contribution in [2.75, 3.05) is 44.2 Å². The molecule has 0 aliphatic carbocycles. The van der Waals surface area contributed by atoms with Crippen LogP contribution in [0.25, 0.3) is 0 Å². The lowest BCUT2D eigenvalue weighted by Gasteiger charge is -2.36. The zero-order chi connectivity index (χ0) is 21.1. The van der Waals surface area contributed by atoms with Crippen molar-refractivity contribution in [3.05, 3.63) is 41.5 Å². The lowest BCUT2D eigenvalue weighted by Crippen LogP contribution is -2.50. The number of hydrogen-bond acceptors (Lipinski definition) is 5. The van der Waals surface area contributed by atoms with Crippen LogP contribution in [-0.2, 0) is 4.79 Å². The topological polar surface area (TPSA) is 85.4 Å². The summed E-state index contributed by atoms with van der Waals surface area (Å²) < 4.78 is 0. The molecular weight excluding hydrogens is 380 g/mol. The standard InChI is InChI=1S/C22H30N6O2/c1-16-14-17(2)25-20(16)21(30)27-8-4-18(5-9-27)15-19(29)26-10-12-28(13-11-26)22-23-6-3-7-24-22/h3,6-7,14,18,25H,4-5,8-13,15H2,1-2H3. The predicted molar refractivity (Wildman–Crippen MR) is 114 cm³/mol. The van der Waals surface area contributed by atoms with E-state index in [4.69, 9.17) is 0 Å². The largest absolute Gasteiger partial charge is 0.354 e. The number of aromatic amines is 1. The number of carbonyl (C=O) groups excluding carboxylic acids is 2. The van der Waals surface area contributed by atoms with E-state index in [0.717, 1.165) is 43.1 Å². The molecule has 2 aliphatic rings. The monoisotopic (exact) mass is 410 g/mol. The molecule has 2 aliphatic heterocycles.